The Morgan fingerprint density at radius 3 is 2.57 bits per heavy atom. The first-order valence-corrected chi connectivity index (χ1v) is 6.12. The summed E-state index contributed by atoms with van der Waals surface area (Å²) < 4.78 is 38.6. The predicted molar refractivity (Wildman–Crippen MR) is 69.1 cm³/mol. The molecule has 0 aliphatic rings. The number of carbonyl (C=O) groups excluding carboxylic acids is 1. The third-order valence-corrected chi connectivity index (χ3v) is 2.36. The van der Waals surface area contributed by atoms with Gasteiger partial charge in [0.15, 0.2) is 0 Å². The molecule has 1 rings (SSSR count). The van der Waals surface area contributed by atoms with Crippen LogP contribution >= 0.6 is 0 Å². The maximum Gasteiger partial charge on any atom is 0.522 e. The molecule has 0 saturated heterocycles. The van der Waals surface area contributed by atoms with Gasteiger partial charge in [0.05, 0.1) is 6.61 Å². The number of alkyl halides is 3. The number of carbonyl (C=O) groups is 1. The summed E-state index contributed by atoms with van der Waals surface area (Å²) in [7, 11) is 3.26. The fourth-order valence-electron chi connectivity index (χ4n) is 1.36. The third kappa shape index (κ3) is 7.02. The van der Waals surface area contributed by atoms with Crippen molar-refractivity contribution in [3.05, 3.63) is 29.6 Å². The standard InChI is InChI=1S/C12H17F3N4O2/c1-19(2)11(20)10-4-3-9(7-16-10)8-18-17-5-6-21-12(13,14)15/h3-4,7,17-18H,5-6,8H2,1-2H3. The summed E-state index contributed by atoms with van der Waals surface area (Å²) in [6, 6.07) is 3.30. The number of hydrogen-bond acceptors (Lipinski definition) is 5. The van der Waals surface area contributed by atoms with Gasteiger partial charge in [-0.1, -0.05) is 6.07 Å². The third-order valence-electron chi connectivity index (χ3n) is 2.36. The van der Waals surface area contributed by atoms with Crippen molar-refractivity contribution in [3.63, 3.8) is 0 Å². The molecule has 0 aromatic carbocycles. The van der Waals surface area contributed by atoms with Crippen molar-refractivity contribution >= 4 is 5.91 Å². The zero-order valence-electron chi connectivity index (χ0n) is 11.7. The number of rotatable bonds is 7. The fraction of sp³-hybridized carbons (Fsp3) is 0.500. The van der Waals surface area contributed by atoms with E-state index in [9.17, 15) is 18.0 Å². The molecule has 118 valence electrons. The maximum atomic E-state index is 11.7. The number of nitrogens with one attached hydrogen (secondary N) is 2. The zero-order valence-corrected chi connectivity index (χ0v) is 11.7. The van der Waals surface area contributed by atoms with Crippen molar-refractivity contribution in [2.75, 3.05) is 27.2 Å². The predicted octanol–water partition coefficient (Wildman–Crippen LogP) is 0.914. The Balaban J connectivity index is 2.26. The molecule has 6 nitrogen and oxygen atoms in total. The second kappa shape index (κ2) is 7.91. The Hall–Kier alpha value is -1.71. The van der Waals surface area contributed by atoms with Gasteiger partial charge in [0, 0.05) is 33.4 Å². The first-order chi connectivity index (χ1) is 9.79. The lowest BCUT2D eigenvalue weighted by Gasteiger charge is -2.11. The van der Waals surface area contributed by atoms with E-state index < -0.39 is 13.0 Å². The molecule has 0 aliphatic heterocycles. The smallest absolute Gasteiger partial charge is 0.343 e. The van der Waals surface area contributed by atoms with E-state index in [-0.39, 0.29) is 12.5 Å². The van der Waals surface area contributed by atoms with E-state index in [1.807, 2.05) is 0 Å². The lowest BCUT2D eigenvalue weighted by atomic mass is 10.2. The van der Waals surface area contributed by atoms with E-state index >= 15 is 0 Å². The molecule has 0 unspecified atom stereocenters. The lowest BCUT2D eigenvalue weighted by Crippen LogP contribution is -2.35. The van der Waals surface area contributed by atoms with E-state index in [2.05, 4.69) is 20.6 Å². The van der Waals surface area contributed by atoms with Crippen LogP contribution in [0.25, 0.3) is 0 Å². The first-order valence-electron chi connectivity index (χ1n) is 6.12. The van der Waals surface area contributed by atoms with Crippen molar-refractivity contribution in [3.8, 4) is 0 Å². The van der Waals surface area contributed by atoms with Gasteiger partial charge in [-0.25, -0.2) is 0 Å². The normalized spacial score (nSPS) is 11.5. The van der Waals surface area contributed by atoms with Crippen LogP contribution in [-0.2, 0) is 11.3 Å². The number of hydrazine groups is 1. The Bertz CT molecular complexity index is 449. The molecular weight excluding hydrogens is 289 g/mol. The molecule has 1 aromatic rings. The number of halogens is 3. The van der Waals surface area contributed by atoms with Gasteiger partial charge in [-0.3, -0.25) is 25.4 Å². The van der Waals surface area contributed by atoms with E-state index in [1.54, 1.807) is 26.2 Å². The topological polar surface area (TPSA) is 66.5 Å². The van der Waals surface area contributed by atoms with E-state index in [0.29, 0.717) is 12.2 Å². The molecule has 0 bridgehead atoms. The first kappa shape index (κ1) is 17.3. The summed E-state index contributed by atoms with van der Waals surface area (Å²) in [6.45, 7) is -0.120. The quantitative estimate of drug-likeness (QED) is 0.579. The molecular formula is C12H17F3N4O2. The van der Waals surface area contributed by atoms with Crippen molar-refractivity contribution in [2.24, 2.45) is 0 Å². The minimum Gasteiger partial charge on any atom is -0.343 e. The van der Waals surface area contributed by atoms with Crippen LogP contribution in [-0.4, -0.2) is 49.4 Å². The minimum atomic E-state index is -4.61. The van der Waals surface area contributed by atoms with Crippen LogP contribution in [0.4, 0.5) is 13.2 Å². The summed E-state index contributed by atoms with van der Waals surface area (Å²) in [5, 5.41) is 0. The Morgan fingerprint density at radius 2 is 2.05 bits per heavy atom. The molecule has 1 amide bonds. The van der Waals surface area contributed by atoms with Gasteiger partial charge in [-0.05, 0) is 11.6 Å². The molecule has 2 N–H and O–H groups in total. The summed E-state index contributed by atoms with van der Waals surface area (Å²) in [4.78, 5) is 17.0. The highest BCUT2D eigenvalue weighted by Crippen LogP contribution is 2.14. The van der Waals surface area contributed by atoms with E-state index in [1.165, 1.54) is 11.1 Å². The fourth-order valence-corrected chi connectivity index (χ4v) is 1.36. The summed E-state index contributed by atoms with van der Waals surface area (Å²) in [5.74, 6) is -0.197. The number of aromatic nitrogens is 1. The van der Waals surface area contributed by atoms with Crippen molar-refractivity contribution < 1.29 is 22.7 Å². The van der Waals surface area contributed by atoms with Crippen LogP contribution in [0.3, 0.4) is 0 Å². The average molecular weight is 306 g/mol. The highest BCUT2D eigenvalue weighted by molar-refractivity contribution is 5.91. The lowest BCUT2D eigenvalue weighted by molar-refractivity contribution is -0.323. The Labute approximate surface area is 120 Å². The van der Waals surface area contributed by atoms with Crippen LogP contribution in [0.2, 0.25) is 0 Å². The SMILES string of the molecule is CN(C)C(=O)c1ccc(CNNCCOC(F)(F)F)cn1. The van der Waals surface area contributed by atoms with Gasteiger partial charge < -0.3 is 4.90 Å². The second-order valence-corrected chi connectivity index (χ2v) is 4.33. The van der Waals surface area contributed by atoms with Gasteiger partial charge in [0.2, 0.25) is 0 Å². The minimum absolute atomic E-state index is 0.00410. The highest BCUT2D eigenvalue weighted by Gasteiger charge is 2.28. The Morgan fingerprint density at radius 1 is 1.33 bits per heavy atom. The molecule has 0 radical (unpaired) electrons. The summed E-state index contributed by atoms with van der Waals surface area (Å²) >= 11 is 0. The number of amides is 1. The molecule has 0 spiro atoms. The highest BCUT2D eigenvalue weighted by atomic mass is 19.4. The van der Waals surface area contributed by atoms with E-state index in [4.69, 9.17) is 0 Å². The van der Waals surface area contributed by atoms with Crippen LogP contribution in [0, 0.1) is 0 Å². The Kier molecular flexibility index (Phi) is 6.53. The number of ether oxygens (including phenoxy) is 1. The van der Waals surface area contributed by atoms with Crippen LogP contribution in [0.15, 0.2) is 18.3 Å². The van der Waals surface area contributed by atoms with Crippen molar-refractivity contribution in [2.45, 2.75) is 12.9 Å². The number of hydrogen-bond donors (Lipinski definition) is 2. The van der Waals surface area contributed by atoms with Crippen LogP contribution in [0.5, 0.6) is 0 Å². The number of nitrogens with zero attached hydrogens (tertiary/aromatic N) is 2. The molecule has 0 saturated carbocycles. The van der Waals surface area contributed by atoms with Gasteiger partial charge in [-0.15, -0.1) is 13.2 Å². The van der Waals surface area contributed by atoms with Crippen molar-refractivity contribution in [1.29, 1.82) is 0 Å². The molecule has 0 aliphatic carbocycles. The van der Waals surface area contributed by atoms with Gasteiger partial charge in [0.25, 0.3) is 5.91 Å². The molecule has 0 fully saturated rings. The van der Waals surface area contributed by atoms with Crippen LogP contribution < -0.4 is 10.9 Å². The summed E-state index contributed by atoms with van der Waals surface area (Å²) in [5.41, 5.74) is 6.43. The molecule has 21 heavy (non-hydrogen) atoms. The van der Waals surface area contributed by atoms with Gasteiger partial charge in [-0.2, -0.15) is 0 Å². The van der Waals surface area contributed by atoms with Gasteiger partial charge >= 0.3 is 6.36 Å². The van der Waals surface area contributed by atoms with E-state index in [0.717, 1.165) is 5.56 Å². The average Bonchev–Trinajstić information content (AvgIpc) is 2.41. The summed E-state index contributed by atoms with van der Waals surface area (Å²) in [6.07, 6.45) is -3.09. The maximum absolute atomic E-state index is 11.7. The van der Waals surface area contributed by atoms with Crippen LogP contribution in [0.1, 0.15) is 16.1 Å². The molecule has 0 atom stereocenters. The second-order valence-electron chi connectivity index (χ2n) is 4.33. The zero-order chi connectivity index (χ0) is 15.9. The molecule has 9 heteroatoms. The number of pyridine rings is 1. The van der Waals surface area contributed by atoms with Crippen molar-refractivity contribution in [1.82, 2.24) is 20.7 Å². The molecule has 1 heterocycles. The van der Waals surface area contributed by atoms with Gasteiger partial charge in [0.1, 0.15) is 5.69 Å². The molecule has 1 aromatic heterocycles. The monoisotopic (exact) mass is 306 g/mol. The largest absolute Gasteiger partial charge is 0.522 e.